The molecule has 12 heteroatoms. The molecule has 2 N–H and O–H groups in total. The third-order valence-corrected chi connectivity index (χ3v) is 6.03. The van der Waals surface area contributed by atoms with Crippen LogP contribution in [0.25, 0.3) is 11.3 Å². The number of aromatic amines is 1. The summed E-state index contributed by atoms with van der Waals surface area (Å²) in [6.45, 7) is 6.19. The van der Waals surface area contributed by atoms with Crippen LogP contribution in [-0.2, 0) is 25.1 Å². The van der Waals surface area contributed by atoms with Crippen molar-refractivity contribution in [2.24, 2.45) is 12.0 Å². The number of benzene rings is 2. The molecule has 0 aliphatic rings. The Morgan fingerprint density at radius 3 is 2.40 bits per heavy atom. The number of methoxy groups -OCH3 is 1. The molecule has 40 heavy (non-hydrogen) atoms. The summed E-state index contributed by atoms with van der Waals surface area (Å²) in [5, 5.41) is 12.9. The molecule has 0 atom stereocenters. The molecule has 2 aromatic heterocycles. The lowest BCUT2D eigenvalue weighted by atomic mass is 9.87. The van der Waals surface area contributed by atoms with Crippen LogP contribution in [0.1, 0.15) is 48.1 Å². The van der Waals surface area contributed by atoms with Crippen LogP contribution in [0.3, 0.4) is 0 Å². The predicted octanol–water partition coefficient (Wildman–Crippen LogP) is 5.98. The maximum atomic E-state index is 14.2. The summed E-state index contributed by atoms with van der Waals surface area (Å²) in [6, 6.07) is 13.3. The van der Waals surface area contributed by atoms with E-state index < -0.39 is 29.2 Å². The molecule has 0 bridgehead atoms. The number of aromatic nitrogens is 4. The Bertz CT molecular complexity index is 1550. The van der Waals surface area contributed by atoms with Crippen LogP contribution in [0.2, 0.25) is 0 Å². The summed E-state index contributed by atoms with van der Waals surface area (Å²) in [7, 11) is 2.66. The minimum atomic E-state index is -4.82. The van der Waals surface area contributed by atoms with Gasteiger partial charge in [0.05, 0.1) is 24.1 Å². The van der Waals surface area contributed by atoms with E-state index in [1.807, 2.05) is 12.1 Å². The van der Waals surface area contributed by atoms with Gasteiger partial charge in [-0.3, -0.25) is 14.6 Å². The molecule has 0 aliphatic carbocycles. The van der Waals surface area contributed by atoms with E-state index in [1.54, 1.807) is 24.3 Å². The highest BCUT2D eigenvalue weighted by atomic mass is 19.4. The Morgan fingerprint density at radius 1 is 1.10 bits per heavy atom. The molecule has 2 heterocycles. The smallest absolute Gasteiger partial charge is 0.435 e. The van der Waals surface area contributed by atoms with Gasteiger partial charge in [-0.25, -0.2) is 9.38 Å². The number of hydrogen-bond acceptors (Lipinski definition) is 5. The van der Waals surface area contributed by atoms with Gasteiger partial charge in [0.25, 0.3) is 5.91 Å². The summed E-state index contributed by atoms with van der Waals surface area (Å²) in [5.74, 6) is -1.42. The molecule has 0 unspecified atom stereocenters. The molecule has 4 rings (SSSR count). The zero-order valence-electron chi connectivity index (χ0n) is 22.5. The first-order valence-electron chi connectivity index (χ1n) is 12.2. The molecular formula is C28H28F4N6O2. The zero-order valence-corrected chi connectivity index (χ0v) is 22.5. The number of amides is 1. The van der Waals surface area contributed by atoms with E-state index in [1.165, 1.54) is 26.3 Å². The van der Waals surface area contributed by atoms with Crippen LogP contribution >= 0.6 is 0 Å². The average molecular weight is 557 g/mol. The molecule has 0 radical (unpaired) electrons. The molecule has 0 aliphatic heterocycles. The van der Waals surface area contributed by atoms with Crippen molar-refractivity contribution in [2.75, 3.05) is 7.11 Å². The lowest BCUT2D eigenvalue weighted by Crippen LogP contribution is -2.33. The number of rotatable bonds is 6. The first kappa shape index (κ1) is 28.5. The molecule has 8 nitrogen and oxygen atoms in total. The number of alkyl halides is 3. The fourth-order valence-corrected chi connectivity index (χ4v) is 3.97. The lowest BCUT2D eigenvalue weighted by Gasteiger charge is -2.18. The van der Waals surface area contributed by atoms with Gasteiger partial charge in [-0.1, -0.05) is 32.9 Å². The van der Waals surface area contributed by atoms with Crippen molar-refractivity contribution < 1.29 is 27.1 Å². The molecule has 0 saturated heterocycles. The number of H-pyrrole nitrogens is 1. The molecule has 2 aromatic carbocycles. The highest BCUT2D eigenvalue weighted by Crippen LogP contribution is 2.31. The Labute approximate surface area is 228 Å². The largest absolute Gasteiger partial charge is 0.494 e. The van der Waals surface area contributed by atoms with E-state index in [2.05, 4.69) is 46.4 Å². The molecule has 210 valence electrons. The van der Waals surface area contributed by atoms with Crippen LogP contribution in [0, 0.1) is 5.82 Å². The highest BCUT2D eigenvalue weighted by Gasteiger charge is 2.39. The van der Waals surface area contributed by atoms with Crippen molar-refractivity contribution in [3.63, 3.8) is 0 Å². The quantitative estimate of drug-likeness (QED) is 0.174. The van der Waals surface area contributed by atoms with Crippen molar-refractivity contribution in [3.05, 3.63) is 83.1 Å². The fraction of sp³-hybridized carbons (Fsp3) is 0.286. The highest BCUT2D eigenvalue weighted by molar-refractivity contribution is 6.08. The maximum absolute atomic E-state index is 14.2. The van der Waals surface area contributed by atoms with Crippen molar-refractivity contribution in [3.8, 4) is 17.0 Å². The lowest BCUT2D eigenvalue weighted by molar-refractivity contribution is -0.141. The Kier molecular flexibility index (Phi) is 7.81. The van der Waals surface area contributed by atoms with E-state index in [4.69, 9.17) is 4.74 Å². The number of ether oxygens (including phenoxy) is 1. The summed E-state index contributed by atoms with van der Waals surface area (Å²) in [4.78, 5) is 17.5. The van der Waals surface area contributed by atoms with Crippen molar-refractivity contribution in [2.45, 2.75) is 38.8 Å². The van der Waals surface area contributed by atoms with E-state index in [-0.39, 0.29) is 23.4 Å². The number of amidine groups is 1. The number of aryl methyl sites for hydroxylation is 1. The number of nitrogens with zero attached hydrogens (tertiary/aromatic N) is 4. The average Bonchev–Trinajstić information content (AvgIpc) is 3.50. The summed E-state index contributed by atoms with van der Waals surface area (Å²) in [6.07, 6.45) is -3.83. The van der Waals surface area contributed by atoms with Gasteiger partial charge in [0.1, 0.15) is 5.84 Å². The summed E-state index contributed by atoms with van der Waals surface area (Å²) < 4.78 is 60.6. The van der Waals surface area contributed by atoms with Crippen LogP contribution in [0.5, 0.6) is 5.75 Å². The van der Waals surface area contributed by atoms with Gasteiger partial charge in [-0.15, -0.1) is 0 Å². The minimum absolute atomic E-state index is 0.0139. The van der Waals surface area contributed by atoms with Crippen LogP contribution in [0.4, 0.5) is 23.2 Å². The topological polar surface area (TPSA) is 97.2 Å². The molecule has 1 amide bonds. The Morgan fingerprint density at radius 2 is 1.80 bits per heavy atom. The van der Waals surface area contributed by atoms with Gasteiger partial charge >= 0.3 is 6.18 Å². The van der Waals surface area contributed by atoms with Gasteiger partial charge in [-0.05, 0) is 47.4 Å². The molecule has 0 saturated carbocycles. The third-order valence-electron chi connectivity index (χ3n) is 6.03. The summed E-state index contributed by atoms with van der Waals surface area (Å²) >= 11 is 0. The van der Waals surface area contributed by atoms with Gasteiger partial charge < -0.3 is 10.1 Å². The minimum Gasteiger partial charge on any atom is -0.494 e. The number of nitrogens with one attached hydrogen (secondary N) is 2. The zero-order chi connectivity index (χ0) is 29.2. The van der Waals surface area contributed by atoms with Crippen LogP contribution in [0.15, 0.2) is 59.7 Å². The SMILES string of the molecule is COc1ccc(-c2cc(CC(=Nc3ccc(C(C)(C)C)cc3)NC(=O)c3cn(C)nc3C(F)(F)F)[nH]n2)cc1F. The first-order valence-corrected chi connectivity index (χ1v) is 12.2. The van der Waals surface area contributed by atoms with Gasteiger partial charge in [0.15, 0.2) is 17.3 Å². The predicted molar refractivity (Wildman–Crippen MR) is 142 cm³/mol. The van der Waals surface area contributed by atoms with E-state index in [9.17, 15) is 22.4 Å². The third kappa shape index (κ3) is 6.56. The first-order chi connectivity index (χ1) is 18.7. The number of carbonyl (C=O) groups is 1. The molecule has 0 fully saturated rings. The van der Waals surface area contributed by atoms with Crippen LogP contribution in [-0.4, -0.2) is 38.8 Å². The van der Waals surface area contributed by atoms with Gasteiger partial charge in [0, 0.05) is 30.9 Å². The van der Waals surface area contributed by atoms with Gasteiger partial charge in [0.2, 0.25) is 0 Å². The second-order valence-corrected chi connectivity index (χ2v) is 10.2. The number of carbonyl (C=O) groups excluding carboxylic acids is 1. The Balaban J connectivity index is 1.66. The molecule has 0 spiro atoms. The van der Waals surface area contributed by atoms with Crippen molar-refractivity contribution in [1.82, 2.24) is 25.3 Å². The van der Waals surface area contributed by atoms with Gasteiger partial charge in [-0.2, -0.15) is 23.4 Å². The van der Waals surface area contributed by atoms with Crippen molar-refractivity contribution in [1.29, 1.82) is 0 Å². The van der Waals surface area contributed by atoms with Crippen LogP contribution < -0.4 is 10.1 Å². The number of hydrogen-bond donors (Lipinski definition) is 2. The van der Waals surface area contributed by atoms with E-state index >= 15 is 0 Å². The van der Waals surface area contributed by atoms with Crippen molar-refractivity contribution >= 4 is 17.4 Å². The number of aliphatic imine (C=N–C) groups is 1. The van der Waals surface area contributed by atoms with E-state index in [0.29, 0.717) is 22.6 Å². The Hall–Kier alpha value is -4.48. The van der Waals surface area contributed by atoms with E-state index in [0.717, 1.165) is 16.4 Å². The normalized spacial score (nSPS) is 12.5. The monoisotopic (exact) mass is 556 g/mol. The maximum Gasteiger partial charge on any atom is 0.435 e. The molecular weight excluding hydrogens is 528 g/mol. The second kappa shape index (κ2) is 10.9. The fourth-order valence-electron chi connectivity index (χ4n) is 3.97. The standard InChI is InChI=1S/C28H28F4N6O2/c1-27(2,3)17-7-9-18(10-8-17)33-24(34-26(39)20-15-38(4)37-25(20)28(30,31)32)14-19-13-22(36-35-19)16-6-11-23(40-5)21(29)12-16/h6-13,15H,14H2,1-5H3,(H,35,36)(H,33,34,39). The molecule has 4 aromatic rings. The summed E-state index contributed by atoms with van der Waals surface area (Å²) in [5.41, 5.74) is 0.903. The second-order valence-electron chi connectivity index (χ2n) is 10.2. The number of halogens is 4.